The Morgan fingerprint density at radius 3 is 0.491 bits per heavy atom. The van der Waals surface area contributed by atoms with Crippen molar-refractivity contribution in [3.8, 4) is 44.5 Å². The van der Waals surface area contributed by atoms with Gasteiger partial charge in [0.05, 0.1) is 0 Å². The van der Waals surface area contributed by atoms with Gasteiger partial charge in [0.1, 0.15) is 0 Å². The molecule has 272 valence electrons. The molecule has 0 aliphatic heterocycles. The molecule has 0 aromatic heterocycles. The van der Waals surface area contributed by atoms with Crippen LogP contribution in [0.1, 0.15) is 41.4 Å². The molecule has 0 fully saturated rings. The van der Waals surface area contributed by atoms with Crippen molar-refractivity contribution in [2.45, 2.75) is 0 Å². The average molecular weight is 797 g/mol. The number of benzene rings is 8. The molecule has 8 aromatic rings. The van der Waals surface area contributed by atoms with E-state index >= 15 is 0 Å². The van der Waals surface area contributed by atoms with Crippen molar-refractivity contribution in [2.24, 2.45) is 0 Å². The van der Waals surface area contributed by atoms with Crippen LogP contribution in [0, 0.1) is 0 Å². The molecule has 0 aliphatic rings. The second kappa shape index (κ2) is 16.4. The Balaban J connectivity index is 1.32. The Morgan fingerprint density at radius 2 is 0.351 bits per heavy atom. The van der Waals surface area contributed by atoms with Crippen LogP contribution < -0.4 is 17.6 Å². The van der Waals surface area contributed by atoms with Gasteiger partial charge >= 0.3 is 336 Å². The number of carbonyl (C=O) groups excluding carboxylic acids is 4. The summed E-state index contributed by atoms with van der Waals surface area (Å²) >= 11 is -3.83. The van der Waals surface area contributed by atoms with E-state index in [1.54, 1.807) is 0 Å². The van der Waals surface area contributed by atoms with Crippen LogP contribution in [0.4, 0.5) is 0 Å². The zero-order chi connectivity index (χ0) is 39.2. The predicted molar refractivity (Wildman–Crippen MR) is 233 cm³/mol. The summed E-state index contributed by atoms with van der Waals surface area (Å²) in [7, 11) is 0. The molecule has 0 unspecified atom stereocenters. The number of hydrogen-bond acceptors (Lipinski definition) is 4. The Kier molecular flexibility index (Phi) is 10.6. The van der Waals surface area contributed by atoms with Crippen molar-refractivity contribution >= 4 is 56.0 Å². The molecule has 0 atom stereocenters. The Hall–Kier alpha value is -7.02. The SMILES string of the molecule is O=Cc1ccc(-c2cc[c]([Ge]([c]3ccc(-c4ccc(C=O)cc4)cc3)([c]3ccc(-c4ccc(C=O)cc4)cc3)[c]3ccc(-c4ccc(C=O)cc4)cc3)cc2)cc1. The molecule has 57 heavy (non-hydrogen) atoms. The van der Waals surface area contributed by atoms with Gasteiger partial charge in [-0.3, -0.25) is 0 Å². The van der Waals surface area contributed by atoms with Gasteiger partial charge in [0.15, 0.2) is 0 Å². The molecule has 0 saturated heterocycles. The van der Waals surface area contributed by atoms with Crippen molar-refractivity contribution in [3.63, 3.8) is 0 Å². The van der Waals surface area contributed by atoms with Crippen molar-refractivity contribution < 1.29 is 19.2 Å². The van der Waals surface area contributed by atoms with Crippen molar-refractivity contribution in [1.82, 2.24) is 0 Å². The molecule has 0 aliphatic carbocycles. The second-order valence-corrected chi connectivity index (χ2v) is 22.0. The molecule has 0 heterocycles. The quantitative estimate of drug-likeness (QED) is 0.0915. The van der Waals surface area contributed by atoms with Gasteiger partial charge in [-0.25, -0.2) is 0 Å². The van der Waals surface area contributed by atoms with Gasteiger partial charge in [0.2, 0.25) is 0 Å². The molecular formula is C52H36GeO4. The first-order valence-electron chi connectivity index (χ1n) is 18.7. The van der Waals surface area contributed by atoms with E-state index in [1.165, 1.54) is 17.6 Å². The van der Waals surface area contributed by atoms with Gasteiger partial charge in [-0.15, -0.1) is 0 Å². The third-order valence-corrected chi connectivity index (χ3v) is 20.9. The molecular weight excluding hydrogens is 761 g/mol. The molecule has 4 nitrogen and oxygen atoms in total. The number of hydrogen-bond donors (Lipinski definition) is 0. The zero-order valence-electron chi connectivity index (χ0n) is 30.9. The van der Waals surface area contributed by atoms with E-state index in [0.717, 1.165) is 69.7 Å². The van der Waals surface area contributed by atoms with Gasteiger partial charge in [0.25, 0.3) is 0 Å². The Bertz CT molecular complexity index is 2280. The van der Waals surface area contributed by atoms with E-state index < -0.39 is 13.3 Å². The van der Waals surface area contributed by atoms with E-state index in [0.29, 0.717) is 22.3 Å². The standard InChI is InChI=1S/C52H36GeO4/c54-33-37-1-9-41(10-2-37)45-17-25-49(26-18-45)53(50-27-19-46(20-28-50)42-11-3-38(34-55)4-12-42,51-29-21-47(22-30-51)43-13-5-39(35-56)6-14-43)52-31-23-48(24-32-52)44-15-7-40(36-57)8-16-44/h1-36H. The molecule has 0 N–H and O–H groups in total. The Labute approximate surface area is 334 Å². The minimum absolute atomic E-state index is 0.638. The molecule has 0 amide bonds. The van der Waals surface area contributed by atoms with Crippen LogP contribution >= 0.6 is 0 Å². The molecule has 0 radical (unpaired) electrons. The fourth-order valence-corrected chi connectivity index (χ4v) is 17.5. The summed E-state index contributed by atoms with van der Waals surface area (Å²) in [6.45, 7) is 0. The van der Waals surface area contributed by atoms with Gasteiger partial charge in [-0.2, -0.15) is 0 Å². The normalized spacial score (nSPS) is 11.1. The van der Waals surface area contributed by atoms with Gasteiger partial charge in [-0.1, -0.05) is 0 Å². The molecule has 8 aromatic carbocycles. The summed E-state index contributed by atoms with van der Waals surface area (Å²) in [5.41, 5.74) is 10.9. The van der Waals surface area contributed by atoms with E-state index in [2.05, 4.69) is 97.1 Å². The van der Waals surface area contributed by atoms with Gasteiger partial charge in [-0.05, 0) is 0 Å². The fraction of sp³-hybridized carbons (Fsp3) is 0. The van der Waals surface area contributed by atoms with Crippen LogP contribution in [0.2, 0.25) is 0 Å². The van der Waals surface area contributed by atoms with Gasteiger partial charge in [0, 0.05) is 0 Å². The summed E-state index contributed by atoms with van der Waals surface area (Å²) < 4.78 is 4.99. The summed E-state index contributed by atoms with van der Waals surface area (Å²) in [4.78, 5) is 45.5. The molecule has 5 heteroatoms. The maximum absolute atomic E-state index is 11.4. The fourth-order valence-electron chi connectivity index (χ4n) is 7.67. The number of rotatable bonds is 12. The van der Waals surface area contributed by atoms with Crippen LogP contribution in [0.25, 0.3) is 44.5 Å². The van der Waals surface area contributed by atoms with E-state index in [4.69, 9.17) is 0 Å². The topological polar surface area (TPSA) is 68.3 Å². The summed E-state index contributed by atoms with van der Waals surface area (Å²) in [5.74, 6) is 0. The molecule has 0 bridgehead atoms. The monoisotopic (exact) mass is 798 g/mol. The minimum atomic E-state index is -3.83. The van der Waals surface area contributed by atoms with Crippen molar-refractivity contribution in [1.29, 1.82) is 0 Å². The van der Waals surface area contributed by atoms with Crippen LogP contribution in [-0.4, -0.2) is 38.4 Å². The van der Waals surface area contributed by atoms with Gasteiger partial charge < -0.3 is 0 Å². The molecule has 0 spiro atoms. The molecule has 0 saturated carbocycles. The first-order chi connectivity index (χ1) is 28.0. The Morgan fingerprint density at radius 1 is 0.211 bits per heavy atom. The van der Waals surface area contributed by atoms with E-state index in [1.807, 2.05) is 97.1 Å². The summed E-state index contributed by atoms with van der Waals surface area (Å²) in [6, 6.07) is 66.2. The van der Waals surface area contributed by atoms with Crippen LogP contribution in [-0.2, 0) is 0 Å². The molecule has 8 rings (SSSR count). The van der Waals surface area contributed by atoms with E-state index in [9.17, 15) is 19.2 Å². The van der Waals surface area contributed by atoms with Crippen LogP contribution in [0.5, 0.6) is 0 Å². The first-order valence-corrected chi connectivity index (χ1v) is 22.9. The predicted octanol–water partition coefficient (Wildman–Crippen LogP) is 8.98. The maximum atomic E-state index is 11.4. The number of aldehydes is 4. The third-order valence-electron chi connectivity index (χ3n) is 10.8. The zero-order valence-corrected chi connectivity index (χ0v) is 33.0. The third kappa shape index (κ3) is 7.39. The average Bonchev–Trinajstić information content (AvgIpc) is 3.30. The summed E-state index contributed by atoms with van der Waals surface area (Å²) in [5, 5.41) is 0. The van der Waals surface area contributed by atoms with Crippen molar-refractivity contribution in [2.75, 3.05) is 0 Å². The van der Waals surface area contributed by atoms with Crippen molar-refractivity contribution in [3.05, 3.63) is 216 Å². The van der Waals surface area contributed by atoms with Crippen LogP contribution in [0.3, 0.4) is 0 Å². The van der Waals surface area contributed by atoms with E-state index in [-0.39, 0.29) is 0 Å². The first kappa shape index (κ1) is 36.9. The number of carbonyl (C=O) groups is 4. The summed E-state index contributed by atoms with van der Waals surface area (Å²) in [6.07, 6.45) is 3.43. The van der Waals surface area contributed by atoms with Crippen LogP contribution in [0.15, 0.2) is 194 Å². The second-order valence-electron chi connectivity index (χ2n) is 14.0.